The zero-order valence-electron chi connectivity index (χ0n) is 15.7. The molecule has 148 valence electrons. The number of nitro benzene ring substituents is 2. The average Bonchev–Trinajstić information content (AvgIpc) is 3.10. The molecule has 0 saturated carbocycles. The van der Waals surface area contributed by atoms with Crippen molar-refractivity contribution in [3.8, 4) is 0 Å². The highest BCUT2D eigenvalue weighted by atomic mass is 16.6. The molecular weight excluding hydrogens is 372 g/mol. The third-order valence-corrected chi connectivity index (χ3v) is 5.28. The molecule has 0 spiro atoms. The van der Waals surface area contributed by atoms with Gasteiger partial charge in [-0.05, 0) is 29.7 Å². The lowest BCUT2D eigenvalue weighted by atomic mass is 10.0. The van der Waals surface area contributed by atoms with E-state index in [1.54, 1.807) is 24.3 Å². The second-order valence-corrected chi connectivity index (χ2v) is 7.13. The van der Waals surface area contributed by atoms with Crippen LogP contribution in [0.5, 0.6) is 0 Å². The fourth-order valence-corrected chi connectivity index (χ4v) is 3.97. The minimum atomic E-state index is -0.402. The summed E-state index contributed by atoms with van der Waals surface area (Å²) in [4.78, 5) is 23.7. The van der Waals surface area contributed by atoms with Crippen molar-refractivity contribution in [2.45, 2.75) is 25.6 Å². The lowest BCUT2D eigenvalue weighted by Gasteiger charge is -2.30. The average molecular weight is 392 g/mol. The molecule has 29 heavy (non-hydrogen) atoms. The van der Waals surface area contributed by atoms with Crippen molar-refractivity contribution in [2.75, 3.05) is 6.54 Å². The van der Waals surface area contributed by atoms with Crippen molar-refractivity contribution >= 4 is 11.4 Å². The van der Waals surface area contributed by atoms with Crippen LogP contribution >= 0.6 is 0 Å². The second kappa shape index (κ2) is 7.84. The number of hydrogen-bond donors (Lipinski definition) is 0. The van der Waals surface area contributed by atoms with Crippen LogP contribution in [0, 0.1) is 20.2 Å². The number of aromatic nitrogens is 1. The van der Waals surface area contributed by atoms with Crippen LogP contribution < -0.4 is 0 Å². The second-order valence-electron chi connectivity index (χ2n) is 7.13. The van der Waals surface area contributed by atoms with Crippen molar-refractivity contribution in [3.63, 3.8) is 0 Å². The van der Waals surface area contributed by atoms with Gasteiger partial charge < -0.3 is 4.57 Å². The smallest absolute Gasteiger partial charge is 0.269 e. The van der Waals surface area contributed by atoms with E-state index >= 15 is 0 Å². The van der Waals surface area contributed by atoms with Gasteiger partial charge in [0.1, 0.15) is 0 Å². The zero-order chi connectivity index (χ0) is 20.4. The minimum Gasteiger partial charge on any atom is -0.350 e. The summed E-state index contributed by atoms with van der Waals surface area (Å²) in [6.07, 6.45) is 2.99. The molecule has 8 heteroatoms. The molecule has 1 aromatic heterocycles. The number of nitro groups is 2. The van der Waals surface area contributed by atoms with Crippen molar-refractivity contribution in [1.29, 1.82) is 0 Å². The van der Waals surface area contributed by atoms with Crippen LogP contribution in [-0.2, 0) is 13.1 Å². The first-order valence-corrected chi connectivity index (χ1v) is 9.40. The Labute approximate surface area is 167 Å². The molecule has 2 heterocycles. The molecule has 0 unspecified atom stereocenters. The third kappa shape index (κ3) is 3.88. The Morgan fingerprint density at radius 2 is 1.66 bits per heavy atom. The first kappa shape index (κ1) is 18.8. The molecule has 3 aromatic rings. The number of aryl methyl sites for hydroxylation is 1. The summed E-state index contributed by atoms with van der Waals surface area (Å²) in [7, 11) is 0. The Balaban J connectivity index is 1.72. The fraction of sp³-hybridized carbons (Fsp3) is 0.238. The summed E-state index contributed by atoms with van der Waals surface area (Å²) < 4.78 is 2.21. The standard InChI is InChI=1S/C21H20N4O4/c26-24(27)18-9-7-17(8-10-18)21-20-6-2-11-22(20)12-3-13-23(21)15-16-4-1-5-19(14-16)25(28)29/h1-2,4-11,14,21H,3,12-13,15H2/t21-/m1/s1. The Kier molecular flexibility index (Phi) is 5.09. The Morgan fingerprint density at radius 3 is 2.38 bits per heavy atom. The van der Waals surface area contributed by atoms with Gasteiger partial charge in [0.05, 0.1) is 15.9 Å². The molecule has 0 fully saturated rings. The summed E-state index contributed by atoms with van der Waals surface area (Å²) >= 11 is 0. The van der Waals surface area contributed by atoms with E-state index in [0.717, 1.165) is 36.3 Å². The Morgan fingerprint density at radius 1 is 0.897 bits per heavy atom. The van der Waals surface area contributed by atoms with Gasteiger partial charge in [0.2, 0.25) is 0 Å². The van der Waals surface area contributed by atoms with E-state index in [1.165, 1.54) is 18.2 Å². The van der Waals surface area contributed by atoms with Gasteiger partial charge in [-0.3, -0.25) is 25.1 Å². The van der Waals surface area contributed by atoms with E-state index in [4.69, 9.17) is 0 Å². The maximum atomic E-state index is 11.1. The van der Waals surface area contributed by atoms with Crippen LogP contribution in [0.15, 0.2) is 66.9 Å². The molecule has 0 radical (unpaired) electrons. The van der Waals surface area contributed by atoms with Gasteiger partial charge in [-0.15, -0.1) is 0 Å². The first-order chi connectivity index (χ1) is 14.0. The lowest BCUT2D eigenvalue weighted by molar-refractivity contribution is -0.385. The first-order valence-electron chi connectivity index (χ1n) is 9.40. The number of benzene rings is 2. The van der Waals surface area contributed by atoms with Crippen LogP contribution in [0.2, 0.25) is 0 Å². The van der Waals surface area contributed by atoms with Gasteiger partial charge in [-0.25, -0.2) is 0 Å². The van der Waals surface area contributed by atoms with E-state index < -0.39 is 4.92 Å². The lowest BCUT2D eigenvalue weighted by Crippen LogP contribution is -2.29. The fourth-order valence-electron chi connectivity index (χ4n) is 3.97. The van der Waals surface area contributed by atoms with Gasteiger partial charge in [-0.2, -0.15) is 0 Å². The molecule has 0 amide bonds. The molecule has 0 N–H and O–H groups in total. The number of nitrogens with zero attached hydrogens (tertiary/aromatic N) is 4. The summed E-state index contributed by atoms with van der Waals surface area (Å²) in [6, 6.07) is 17.3. The number of non-ortho nitro benzene ring substituents is 2. The highest BCUT2D eigenvalue weighted by molar-refractivity contribution is 5.38. The van der Waals surface area contributed by atoms with Gasteiger partial charge in [0.25, 0.3) is 11.4 Å². The van der Waals surface area contributed by atoms with Crippen LogP contribution in [0.3, 0.4) is 0 Å². The summed E-state index contributed by atoms with van der Waals surface area (Å²) in [5, 5.41) is 22.2. The van der Waals surface area contributed by atoms with Crippen LogP contribution in [0.25, 0.3) is 0 Å². The predicted molar refractivity (Wildman–Crippen MR) is 107 cm³/mol. The number of hydrogen-bond acceptors (Lipinski definition) is 5. The minimum absolute atomic E-state index is 0.0583. The van der Waals surface area contributed by atoms with Crippen molar-refractivity contribution in [1.82, 2.24) is 9.47 Å². The van der Waals surface area contributed by atoms with E-state index in [2.05, 4.69) is 15.5 Å². The van der Waals surface area contributed by atoms with Crippen LogP contribution in [0.4, 0.5) is 11.4 Å². The molecule has 4 rings (SSSR count). The number of rotatable bonds is 5. The quantitative estimate of drug-likeness (QED) is 0.477. The largest absolute Gasteiger partial charge is 0.350 e. The molecule has 0 bridgehead atoms. The highest BCUT2D eigenvalue weighted by Crippen LogP contribution is 2.34. The maximum absolute atomic E-state index is 11.1. The molecular formula is C21H20N4O4. The monoisotopic (exact) mass is 392 g/mol. The van der Waals surface area contributed by atoms with E-state index in [0.29, 0.717) is 6.54 Å². The topological polar surface area (TPSA) is 94.5 Å². The van der Waals surface area contributed by atoms with Gasteiger partial charge in [0.15, 0.2) is 0 Å². The molecule has 1 aliphatic heterocycles. The summed E-state index contributed by atoms with van der Waals surface area (Å²) in [5.41, 5.74) is 3.08. The van der Waals surface area contributed by atoms with Gasteiger partial charge in [0, 0.05) is 55.8 Å². The molecule has 0 saturated heterocycles. The summed E-state index contributed by atoms with van der Waals surface area (Å²) in [6.45, 7) is 2.25. The molecule has 0 aliphatic carbocycles. The van der Waals surface area contributed by atoms with Crippen molar-refractivity contribution in [3.05, 3.63) is 104 Å². The SMILES string of the molecule is O=[N+]([O-])c1ccc([C@@H]2c3cccn3CCCN2Cc2cccc([N+](=O)[O-])c2)cc1. The highest BCUT2D eigenvalue weighted by Gasteiger charge is 2.28. The predicted octanol–water partition coefficient (Wildman–Crippen LogP) is 4.30. The normalized spacial score (nSPS) is 16.8. The maximum Gasteiger partial charge on any atom is 0.269 e. The van der Waals surface area contributed by atoms with Crippen LogP contribution in [0.1, 0.15) is 29.3 Å². The van der Waals surface area contributed by atoms with Crippen LogP contribution in [-0.4, -0.2) is 25.9 Å². The van der Waals surface area contributed by atoms with Gasteiger partial charge >= 0.3 is 0 Å². The van der Waals surface area contributed by atoms with Gasteiger partial charge in [-0.1, -0.05) is 24.3 Å². The summed E-state index contributed by atoms with van der Waals surface area (Å²) in [5.74, 6) is 0. The molecule has 1 atom stereocenters. The number of fused-ring (bicyclic) bond motifs is 1. The third-order valence-electron chi connectivity index (χ3n) is 5.28. The van der Waals surface area contributed by atoms with E-state index in [1.807, 2.05) is 18.3 Å². The molecule has 2 aromatic carbocycles. The molecule has 1 aliphatic rings. The Bertz CT molecular complexity index is 1040. The molecule has 8 nitrogen and oxygen atoms in total. The van der Waals surface area contributed by atoms with Crippen molar-refractivity contribution < 1.29 is 9.85 Å². The zero-order valence-corrected chi connectivity index (χ0v) is 15.7. The van der Waals surface area contributed by atoms with Crippen molar-refractivity contribution in [2.24, 2.45) is 0 Å². The van der Waals surface area contributed by atoms with E-state index in [9.17, 15) is 20.2 Å². The van der Waals surface area contributed by atoms with E-state index in [-0.39, 0.29) is 22.3 Å². The Hall–Kier alpha value is -3.52.